The van der Waals surface area contributed by atoms with E-state index in [4.69, 9.17) is 5.11 Å². The second-order valence-electron chi connectivity index (χ2n) is 4.24. The second-order valence-corrected chi connectivity index (χ2v) is 5.03. The van der Waals surface area contributed by atoms with E-state index in [1.165, 1.54) is 6.20 Å². The number of urea groups is 1. The number of nitrogens with one attached hydrogen (secondary N) is 1. The van der Waals surface area contributed by atoms with Crippen LogP contribution in [0.15, 0.2) is 6.20 Å². The van der Waals surface area contributed by atoms with E-state index >= 15 is 0 Å². The maximum Gasteiger partial charge on any atom is 0.322 e. The molecule has 1 aliphatic rings. The number of piperidine rings is 1. The zero-order chi connectivity index (χ0) is 13.0. The third kappa shape index (κ3) is 3.39. The number of carbonyl (C=O) groups is 2. The molecular weight excluding hydrogens is 256 g/mol. The largest absolute Gasteiger partial charge is 0.481 e. The molecule has 0 saturated carbocycles. The Labute approximate surface area is 108 Å². The molecule has 1 aromatic heterocycles. The van der Waals surface area contributed by atoms with Crippen LogP contribution in [0.25, 0.3) is 0 Å². The maximum atomic E-state index is 11.8. The molecule has 0 aromatic carbocycles. The van der Waals surface area contributed by atoms with Gasteiger partial charge in [-0.05, 0) is 18.8 Å². The first-order valence-electron chi connectivity index (χ1n) is 5.70. The van der Waals surface area contributed by atoms with Crippen LogP contribution in [0.4, 0.5) is 9.80 Å². The van der Waals surface area contributed by atoms with Crippen molar-refractivity contribution in [3.63, 3.8) is 0 Å². The van der Waals surface area contributed by atoms with Gasteiger partial charge in [0.1, 0.15) is 5.00 Å². The summed E-state index contributed by atoms with van der Waals surface area (Å²) in [5.74, 6) is -0.592. The maximum absolute atomic E-state index is 11.8. The number of hydrogen-bond acceptors (Lipinski definition) is 5. The number of aliphatic carboxylic acids is 1. The summed E-state index contributed by atoms with van der Waals surface area (Å²) in [4.78, 5) is 24.1. The molecule has 98 valence electrons. The molecule has 0 aliphatic carbocycles. The van der Waals surface area contributed by atoms with Crippen molar-refractivity contribution in [1.29, 1.82) is 0 Å². The average Bonchev–Trinajstić information content (AvgIpc) is 2.82. The van der Waals surface area contributed by atoms with Crippen molar-refractivity contribution in [1.82, 2.24) is 14.5 Å². The Hall–Kier alpha value is -1.70. The number of rotatable bonds is 3. The summed E-state index contributed by atoms with van der Waals surface area (Å²) < 4.78 is 3.66. The molecule has 1 fully saturated rings. The molecule has 2 heterocycles. The Kier molecular flexibility index (Phi) is 4.08. The summed E-state index contributed by atoms with van der Waals surface area (Å²) >= 11 is 1.13. The van der Waals surface area contributed by atoms with E-state index in [0.717, 1.165) is 24.4 Å². The van der Waals surface area contributed by atoms with Crippen LogP contribution in [0.3, 0.4) is 0 Å². The molecule has 0 spiro atoms. The van der Waals surface area contributed by atoms with Crippen molar-refractivity contribution in [3.05, 3.63) is 6.20 Å². The lowest BCUT2D eigenvalue weighted by molar-refractivity contribution is -0.138. The number of nitrogens with zero attached hydrogens (tertiary/aromatic N) is 3. The Morgan fingerprint density at radius 1 is 1.50 bits per heavy atom. The van der Waals surface area contributed by atoms with Crippen molar-refractivity contribution in [3.8, 4) is 0 Å². The Morgan fingerprint density at radius 2 is 2.22 bits per heavy atom. The highest BCUT2D eigenvalue weighted by molar-refractivity contribution is 7.10. The van der Waals surface area contributed by atoms with Gasteiger partial charge < -0.3 is 10.0 Å². The average molecular weight is 270 g/mol. The van der Waals surface area contributed by atoms with Gasteiger partial charge in [-0.25, -0.2) is 4.79 Å². The third-order valence-electron chi connectivity index (χ3n) is 2.96. The molecule has 18 heavy (non-hydrogen) atoms. The van der Waals surface area contributed by atoms with Crippen molar-refractivity contribution in [2.45, 2.75) is 19.3 Å². The summed E-state index contributed by atoms with van der Waals surface area (Å²) in [6.07, 6.45) is 3.16. The number of amides is 2. The molecule has 8 heteroatoms. The first-order chi connectivity index (χ1) is 8.65. The van der Waals surface area contributed by atoms with Gasteiger partial charge in [0.05, 0.1) is 6.20 Å². The van der Waals surface area contributed by atoms with Gasteiger partial charge in [-0.1, -0.05) is 4.49 Å². The van der Waals surface area contributed by atoms with E-state index < -0.39 is 5.97 Å². The normalized spacial score (nSPS) is 16.6. The monoisotopic (exact) mass is 270 g/mol. The smallest absolute Gasteiger partial charge is 0.322 e. The van der Waals surface area contributed by atoms with Gasteiger partial charge in [0.15, 0.2) is 0 Å². The number of aromatic nitrogens is 2. The molecule has 2 rings (SSSR count). The number of carbonyl (C=O) groups excluding carboxylic acids is 1. The molecule has 0 radical (unpaired) electrons. The minimum Gasteiger partial charge on any atom is -0.481 e. The fourth-order valence-corrected chi connectivity index (χ4v) is 2.40. The molecule has 1 aromatic rings. The standard InChI is InChI=1S/C10H14N4O3S/c15-9(16)5-7-1-3-14(4-2-7)10(17)12-8-6-11-13-18-8/h6-7H,1-5H2,(H,12,17)(H,15,16). The van der Waals surface area contributed by atoms with Crippen LogP contribution in [0.2, 0.25) is 0 Å². The first-order valence-corrected chi connectivity index (χ1v) is 6.47. The zero-order valence-corrected chi connectivity index (χ0v) is 10.5. The molecule has 0 bridgehead atoms. The second kappa shape index (κ2) is 5.76. The fraction of sp³-hybridized carbons (Fsp3) is 0.600. The molecule has 1 aliphatic heterocycles. The quantitative estimate of drug-likeness (QED) is 0.862. The predicted octanol–water partition coefficient (Wildman–Crippen LogP) is 1.26. The van der Waals surface area contributed by atoms with E-state index in [1.807, 2.05) is 0 Å². The minimum absolute atomic E-state index is 0.171. The van der Waals surface area contributed by atoms with E-state index in [0.29, 0.717) is 18.1 Å². The summed E-state index contributed by atoms with van der Waals surface area (Å²) in [6.45, 7) is 1.19. The number of anilines is 1. The van der Waals surface area contributed by atoms with Gasteiger partial charge in [-0.2, -0.15) is 0 Å². The molecule has 2 N–H and O–H groups in total. The predicted molar refractivity (Wildman–Crippen MR) is 65.5 cm³/mol. The van der Waals surface area contributed by atoms with Crippen LogP contribution in [0, 0.1) is 5.92 Å². The van der Waals surface area contributed by atoms with Crippen molar-refractivity contribution < 1.29 is 14.7 Å². The van der Waals surface area contributed by atoms with Crippen molar-refractivity contribution in [2.75, 3.05) is 18.4 Å². The van der Waals surface area contributed by atoms with Crippen LogP contribution in [-0.4, -0.2) is 44.7 Å². The lowest BCUT2D eigenvalue weighted by atomic mass is 9.94. The molecule has 1 saturated heterocycles. The number of carboxylic acids is 1. The van der Waals surface area contributed by atoms with Gasteiger partial charge >= 0.3 is 12.0 Å². The number of hydrogen-bond donors (Lipinski definition) is 2. The highest BCUT2D eigenvalue weighted by Crippen LogP contribution is 2.21. The van der Waals surface area contributed by atoms with Crippen LogP contribution in [0.1, 0.15) is 19.3 Å². The van der Waals surface area contributed by atoms with Gasteiger partial charge in [0.2, 0.25) is 0 Å². The van der Waals surface area contributed by atoms with Crippen LogP contribution in [0.5, 0.6) is 0 Å². The van der Waals surface area contributed by atoms with Crippen molar-refractivity contribution >= 4 is 28.5 Å². The number of likely N-dealkylation sites (tertiary alicyclic amines) is 1. The first kappa shape index (κ1) is 12.7. The Morgan fingerprint density at radius 3 is 2.78 bits per heavy atom. The van der Waals surface area contributed by atoms with Gasteiger partial charge in [-0.15, -0.1) is 5.10 Å². The van der Waals surface area contributed by atoms with Gasteiger partial charge in [-0.3, -0.25) is 10.1 Å². The Balaban J connectivity index is 1.79. The summed E-state index contributed by atoms with van der Waals surface area (Å²) in [7, 11) is 0. The fourth-order valence-electron chi connectivity index (χ4n) is 1.99. The molecule has 2 amide bonds. The molecular formula is C10H14N4O3S. The lowest BCUT2D eigenvalue weighted by Crippen LogP contribution is -2.41. The number of carboxylic acid groups (broad SMARTS) is 1. The highest BCUT2D eigenvalue weighted by Gasteiger charge is 2.24. The molecule has 7 nitrogen and oxygen atoms in total. The third-order valence-corrected chi connectivity index (χ3v) is 3.54. The van der Waals surface area contributed by atoms with Gasteiger partial charge in [0, 0.05) is 31.0 Å². The molecule has 0 atom stereocenters. The Bertz CT molecular complexity index is 415. The molecule has 0 unspecified atom stereocenters. The lowest BCUT2D eigenvalue weighted by Gasteiger charge is -2.31. The van der Waals surface area contributed by atoms with Crippen LogP contribution >= 0.6 is 11.5 Å². The summed E-state index contributed by atoms with van der Waals surface area (Å²) in [6, 6.07) is -0.171. The van der Waals surface area contributed by atoms with E-state index in [1.54, 1.807) is 4.90 Å². The SMILES string of the molecule is O=C(O)CC1CCN(C(=O)Nc2cnns2)CC1. The van der Waals surface area contributed by atoms with Crippen LogP contribution in [-0.2, 0) is 4.79 Å². The summed E-state index contributed by atoms with van der Waals surface area (Å²) in [5, 5.41) is 15.7. The minimum atomic E-state index is -0.770. The zero-order valence-electron chi connectivity index (χ0n) is 9.70. The van der Waals surface area contributed by atoms with Crippen molar-refractivity contribution in [2.24, 2.45) is 5.92 Å². The van der Waals surface area contributed by atoms with E-state index in [9.17, 15) is 9.59 Å². The van der Waals surface area contributed by atoms with E-state index in [2.05, 4.69) is 14.9 Å². The van der Waals surface area contributed by atoms with E-state index in [-0.39, 0.29) is 18.4 Å². The van der Waals surface area contributed by atoms with Crippen LogP contribution < -0.4 is 5.32 Å². The summed E-state index contributed by atoms with van der Waals surface area (Å²) in [5.41, 5.74) is 0. The topological polar surface area (TPSA) is 95.4 Å². The highest BCUT2D eigenvalue weighted by atomic mass is 32.1. The van der Waals surface area contributed by atoms with Gasteiger partial charge in [0.25, 0.3) is 0 Å².